The Labute approximate surface area is 173 Å². The second-order valence-electron chi connectivity index (χ2n) is 6.35. The standard InChI is InChI=1S/C21H19ClN4O3/c1-13-9-17(7-8-18(13)22)29-12-15-3-5-16(6-4-15)20(27)25-26-21(28)19-11-23-14(2)10-24-19/h3-11H,12H2,1-2H3,(H,25,27)(H,26,28). The molecule has 3 rings (SSSR count). The summed E-state index contributed by atoms with van der Waals surface area (Å²) in [6.07, 6.45) is 2.82. The first-order valence-corrected chi connectivity index (χ1v) is 9.17. The van der Waals surface area contributed by atoms with Gasteiger partial charge in [0.15, 0.2) is 0 Å². The maximum Gasteiger partial charge on any atom is 0.289 e. The lowest BCUT2D eigenvalue weighted by Gasteiger charge is -2.09. The summed E-state index contributed by atoms with van der Waals surface area (Å²) < 4.78 is 5.74. The van der Waals surface area contributed by atoms with E-state index in [1.165, 1.54) is 12.4 Å². The second kappa shape index (κ2) is 9.16. The lowest BCUT2D eigenvalue weighted by atomic mass is 10.1. The van der Waals surface area contributed by atoms with Crippen LogP contribution in [0.3, 0.4) is 0 Å². The van der Waals surface area contributed by atoms with Gasteiger partial charge in [-0.2, -0.15) is 0 Å². The average Bonchev–Trinajstić information content (AvgIpc) is 2.73. The highest BCUT2D eigenvalue weighted by Gasteiger charge is 2.10. The fourth-order valence-corrected chi connectivity index (χ4v) is 2.50. The summed E-state index contributed by atoms with van der Waals surface area (Å²) >= 11 is 6.00. The van der Waals surface area contributed by atoms with E-state index in [-0.39, 0.29) is 5.69 Å². The fourth-order valence-electron chi connectivity index (χ4n) is 2.39. The molecule has 29 heavy (non-hydrogen) atoms. The Balaban J connectivity index is 1.52. The van der Waals surface area contributed by atoms with Crippen LogP contribution in [-0.4, -0.2) is 21.8 Å². The number of hydrogen-bond acceptors (Lipinski definition) is 5. The normalized spacial score (nSPS) is 10.3. The molecule has 7 nitrogen and oxygen atoms in total. The first kappa shape index (κ1) is 20.3. The maximum absolute atomic E-state index is 12.2. The molecule has 2 aromatic carbocycles. The van der Waals surface area contributed by atoms with Gasteiger partial charge >= 0.3 is 0 Å². The monoisotopic (exact) mass is 410 g/mol. The van der Waals surface area contributed by atoms with Gasteiger partial charge in [0.05, 0.1) is 11.9 Å². The Bertz CT molecular complexity index is 1020. The van der Waals surface area contributed by atoms with Crippen molar-refractivity contribution in [1.29, 1.82) is 0 Å². The predicted molar refractivity (Wildman–Crippen MR) is 109 cm³/mol. The van der Waals surface area contributed by atoms with Crippen LogP contribution in [0, 0.1) is 13.8 Å². The van der Waals surface area contributed by atoms with Crippen LogP contribution in [0.1, 0.15) is 37.7 Å². The summed E-state index contributed by atoms with van der Waals surface area (Å²) in [5, 5.41) is 0.689. The number of amides is 2. The minimum atomic E-state index is -0.547. The molecular weight excluding hydrogens is 392 g/mol. The Hall–Kier alpha value is -3.45. The molecule has 0 saturated heterocycles. The van der Waals surface area contributed by atoms with Crippen LogP contribution in [0.2, 0.25) is 5.02 Å². The molecule has 0 bridgehead atoms. The number of nitrogens with one attached hydrogen (secondary N) is 2. The smallest absolute Gasteiger partial charge is 0.289 e. The molecular formula is C21H19ClN4O3. The molecule has 3 aromatic rings. The molecule has 2 amide bonds. The minimum Gasteiger partial charge on any atom is -0.489 e. The van der Waals surface area contributed by atoms with Gasteiger partial charge in [-0.05, 0) is 55.3 Å². The molecule has 0 atom stereocenters. The van der Waals surface area contributed by atoms with Crippen LogP contribution in [0.5, 0.6) is 5.75 Å². The number of hydrazine groups is 1. The van der Waals surface area contributed by atoms with Crippen molar-refractivity contribution in [3.63, 3.8) is 0 Å². The Morgan fingerprint density at radius 3 is 2.34 bits per heavy atom. The van der Waals surface area contributed by atoms with Crippen LogP contribution in [0.15, 0.2) is 54.9 Å². The summed E-state index contributed by atoms with van der Waals surface area (Å²) in [6, 6.07) is 12.3. The second-order valence-corrected chi connectivity index (χ2v) is 6.76. The van der Waals surface area contributed by atoms with Crippen molar-refractivity contribution in [3.05, 3.63) is 88.0 Å². The summed E-state index contributed by atoms with van der Waals surface area (Å²) in [6.45, 7) is 4.03. The number of carbonyl (C=O) groups is 2. The van der Waals surface area contributed by atoms with Gasteiger partial charge < -0.3 is 4.74 Å². The van der Waals surface area contributed by atoms with Gasteiger partial charge in [0.25, 0.3) is 11.8 Å². The van der Waals surface area contributed by atoms with E-state index < -0.39 is 11.8 Å². The molecule has 2 N–H and O–H groups in total. The van der Waals surface area contributed by atoms with Crippen molar-refractivity contribution in [1.82, 2.24) is 20.8 Å². The summed E-state index contributed by atoms with van der Waals surface area (Å²) in [4.78, 5) is 32.1. The number of aromatic nitrogens is 2. The number of halogens is 1. The SMILES string of the molecule is Cc1cnc(C(=O)NNC(=O)c2ccc(COc3ccc(Cl)c(C)c3)cc2)cn1. The van der Waals surface area contributed by atoms with E-state index >= 15 is 0 Å². The van der Waals surface area contributed by atoms with Crippen LogP contribution in [0.25, 0.3) is 0 Å². The first-order chi connectivity index (χ1) is 13.9. The topological polar surface area (TPSA) is 93.2 Å². The summed E-state index contributed by atoms with van der Waals surface area (Å²) in [5.74, 6) is -0.274. The van der Waals surface area contributed by atoms with Crippen molar-refractivity contribution in [2.24, 2.45) is 0 Å². The predicted octanol–water partition coefficient (Wildman–Crippen LogP) is 3.40. The Kier molecular flexibility index (Phi) is 6.41. The molecule has 0 saturated carbocycles. The lowest BCUT2D eigenvalue weighted by molar-refractivity contribution is 0.0843. The lowest BCUT2D eigenvalue weighted by Crippen LogP contribution is -2.42. The van der Waals surface area contributed by atoms with Crippen molar-refractivity contribution < 1.29 is 14.3 Å². The van der Waals surface area contributed by atoms with Crippen molar-refractivity contribution in [3.8, 4) is 5.75 Å². The minimum absolute atomic E-state index is 0.112. The largest absolute Gasteiger partial charge is 0.489 e. The van der Waals surface area contributed by atoms with E-state index in [1.54, 1.807) is 43.3 Å². The molecule has 0 aliphatic heterocycles. The zero-order valence-corrected chi connectivity index (χ0v) is 16.7. The highest BCUT2D eigenvalue weighted by Crippen LogP contribution is 2.21. The van der Waals surface area contributed by atoms with Gasteiger partial charge in [-0.3, -0.25) is 25.4 Å². The zero-order valence-electron chi connectivity index (χ0n) is 15.9. The van der Waals surface area contributed by atoms with Crippen LogP contribution in [0.4, 0.5) is 0 Å². The quantitative estimate of drug-likeness (QED) is 0.629. The first-order valence-electron chi connectivity index (χ1n) is 8.79. The Morgan fingerprint density at radius 2 is 1.69 bits per heavy atom. The van der Waals surface area contributed by atoms with E-state index in [4.69, 9.17) is 16.3 Å². The van der Waals surface area contributed by atoms with Crippen LogP contribution in [-0.2, 0) is 6.61 Å². The van der Waals surface area contributed by atoms with Crippen molar-refractivity contribution >= 4 is 23.4 Å². The molecule has 0 radical (unpaired) electrons. The average molecular weight is 411 g/mol. The molecule has 148 valence electrons. The third-order valence-corrected chi connectivity index (χ3v) is 4.48. The third-order valence-electron chi connectivity index (χ3n) is 4.05. The number of ether oxygens (including phenoxy) is 1. The molecule has 0 unspecified atom stereocenters. The van der Waals surface area contributed by atoms with E-state index in [9.17, 15) is 9.59 Å². The van der Waals surface area contributed by atoms with E-state index in [0.717, 1.165) is 16.9 Å². The molecule has 1 aromatic heterocycles. The maximum atomic E-state index is 12.2. The highest BCUT2D eigenvalue weighted by atomic mass is 35.5. The Morgan fingerprint density at radius 1 is 0.966 bits per heavy atom. The van der Waals surface area contributed by atoms with Crippen LogP contribution < -0.4 is 15.6 Å². The van der Waals surface area contributed by atoms with Gasteiger partial charge in [-0.1, -0.05) is 23.7 Å². The number of nitrogens with zero attached hydrogens (tertiary/aromatic N) is 2. The zero-order chi connectivity index (χ0) is 20.8. The fraction of sp³-hybridized carbons (Fsp3) is 0.143. The summed E-state index contributed by atoms with van der Waals surface area (Å²) in [7, 11) is 0. The molecule has 1 heterocycles. The van der Waals surface area contributed by atoms with Crippen molar-refractivity contribution in [2.45, 2.75) is 20.5 Å². The van der Waals surface area contributed by atoms with Gasteiger partial charge in [-0.25, -0.2) is 4.98 Å². The van der Waals surface area contributed by atoms with Crippen LogP contribution >= 0.6 is 11.6 Å². The molecule has 8 heteroatoms. The molecule has 0 fully saturated rings. The van der Waals surface area contributed by atoms with E-state index in [2.05, 4.69) is 20.8 Å². The third kappa shape index (κ3) is 5.52. The molecule has 0 aliphatic rings. The highest BCUT2D eigenvalue weighted by molar-refractivity contribution is 6.31. The number of benzene rings is 2. The van der Waals surface area contributed by atoms with Gasteiger partial charge in [-0.15, -0.1) is 0 Å². The van der Waals surface area contributed by atoms with Crippen molar-refractivity contribution in [2.75, 3.05) is 0 Å². The van der Waals surface area contributed by atoms with E-state index in [0.29, 0.717) is 22.9 Å². The summed E-state index contributed by atoms with van der Waals surface area (Å²) in [5.41, 5.74) is 7.70. The number of aryl methyl sites for hydroxylation is 2. The number of carbonyl (C=O) groups excluding carboxylic acids is 2. The number of hydrogen-bond donors (Lipinski definition) is 2. The number of rotatable bonds is 5. The molecule has 0 aliphatic carbocycles. The van der Waals surface area contributed by atoms with Gasteiger partial charge in [0, 0.05) is 16.8 Å². The van der Waals surface area contributed by atoms with E-state index in [1.807, 2.05) is 13.0 Å². The van der Waals surface area contributed by atoms with Gasteiger partial charge in [0.2, 0.25) is 0 Å². The van der Waals surface area contributed by atoms with Gasteiger partial charge in [0.1, 0.15) is 18.1 Å². The molecule has 0 spiro atoms.